The molecule has 5 nitrogen and oxygen atoms in total. The molecule has 5 heteroatoms. The molecule has 0 saturated heterocycles. The van der Waals surface area contributed by atoms with Gasteiger partial charge in [-0.1, -0.05) is 76.2 Å². The van der Waals surface area contributed by atoms with Gasteiger partial charge in [0.15, 0.2) is 0 Å². The number of hydrogen-bond donors (Lipinski definition) is 1. The summed E-state index contributed by atoms with van der Waals surface area (Å²) in [6, 6.07) is 33.8. The van der Waals surface area contributed by atoms with Crippen molar-refractivity contribution >= 4 is 39.8 Å². The number of carbonyl (C=O) groups is 2. The molecule has 0 aliphatic carbocycles. The van der Waals surface area contributed by atoms with E-state index in [2.05, 4.69) is 89.3 Å². The van der Waals surface area contributed by atoms with Crippen LogP contribution in [0.1, 0.15) is 73.3 Å². The van der Waals surface area contributed by atoms with Crippen LogP contribution in [-0.2, 0) is 24.1 Å². The van der Waals surface area contributed by atoms with Crippen molar-refractivity contribution in [3.63, 3.8) is 0 Å². The summed E-state index contributed by atoms with van der Waals surface area (Å²) in [5.74, 6) is 0.258. The monoisotopic (exact) mass is 615 g/mol. The Bertz CT molecular complexity index is 1780. The van der Waals surface area contributed by atoms with Crippen molar-refractivity contribution in [2.75, 3.05) is 7.05 Å². The summed E-state index contributed by atoms with van der Waals surface area (Å²) in [5, 5.41) is 10.2. The van der Waals surface area contributed by atoms with E-state index in [0.29, 0.717) is 34.7 Å². The molecule has 0 radical (unpaired) electrons. The van der Waals surface area contributed by atoms with E-state index in [0.717, 1.165) is 52.1 Å². The van der Waals surface area contributed by atoms with Crippen LogP contribution in [0.5, 0.6) is 0 Å². The molecule has 0 spiro atoms. The van der Waals surface area contributed by atoms with E-state index in [1.54, 1.807) is 4.57 Å². The number of benzene rings is 4. The second-order valence-electron chi connectivity index (χ2n) is 13.6. The van der Waals surface area contributed by atoms with E-state index < -0.39 is 5.97 Å². The highest BCUT2D eigenvalue weighted by Crippen LogP contribution is 2.42. The predicted molar refractivity (Wildman–Crippen MR) is 190 cm³/mol. The number of nitrogens with zero attached hydrogens (tertiary/aromatic N) is 2. The van der Waals surface area contributed by atoms with E-state index in [9.17, 15) is 14.7 Å². The first-order valence-corrected chi connectivity index (χ1v) is 16.5. The van der Waals surface area contributed by atoms with Crippen molar-refractivity contribution in [1.29, 1.82) is 0 Å². The maximum Gasteiger partial charge on any atom is 0.303 e. The van der Waals surface area contributed by atoms with Crippen LogP contribution in [0.15, 0.2) is 97.1 Å². The fourth-order valence-electron chi connectivity index (χ4n) is 6.72. The highest BCUT2D eigenvalue weighted by Gasteiger charge is 2.32. The number of quaternary nitrogens is 1. The van der Waals surface area contributed by atoms with Gasteiger partial charge in [0.25, 0.3) is 5.91 Å². The molecule has 1 heterocycles. The van der Waals surface area contributed by atoms with Gasteiger partial charge in [-0.2, -0.15) is 0 Å². The van der Waals surface area contributed by atoms with Gasteiger partial charge in [-0.05, 0) is 73.3 Å². The molecule has 0 saturated carbocycles. The molecule has 1 aromatic heterocycles. The number of rotatable bonds is 12. The first-order chi connectivity index (χ1) is 22.0. The van der Waals surface area contributed by atoms with Crippen LogP contribution in [0, 0.1) is 18.8 Å². The predicted octanol–water partition coefficient (Wildman–Crippen LogP) is 10.0. The van der Waals surface area contributed by atoms with Gasteiger partial charge in [-0.15, -0.1) is 0 Å². The van der Waals surface area contributed by atoms with Gasteiger partial charge in [0.2, 0.25) is 0 Å². The Kier molecular flexibility index (Phi) is 9.93. The van der Waals surface area contributed by atoms with E-state index in [1.807, 2.05) is 49.4 Å². The number of carbonyl (C=O) groups excluding carboxylic acids is 1. The summed E-state index contributed by atoms with van der Waals surface area (Å²) >= 11 is 0. The zero-order valence-corrected chi connectivity index (χ0v) is 28.1. The van der Waals surface area contributed by atoms with E-state index in [1.165, 1.54) is 11.1 Å². The fraction of sp³-hybridized carbons (Fsp3) is 0.317. The van der Waals surface area contributed by atoms with Gasteiger partial charge in [-0.25, -0.2) is 4.48 Å². The van der Waals surface area contributed by atoms with Crippen molar-refractivity contribution in [3.05, 3.63) is 125 Å². The lowest BCUT2D eigenvalue weighted by Gasteiger charge is -2.34. The Morgan fingerprint density at radius 1 is 0.739 bits per heavy atom. The van der Waals surface area contributed by atoms with Gasteiger partial charge < -0.3 is 5.11 Å². The van der Waals surface area contributed by atoms with Crippen LogP contribution in [0.4, 0.5) is 17.1 Å². The molecule has 0 fully saturated rings. The lowest BCUT2D eigenvalue weighted by molar-refractivity contribution is -0.137. The Morgan fingerprint density at radius 2 is 1.30 bits per heavy atom. The fourth-order valence-corrected chi connectivity index (χ4v) is 6.72. The minimum atomic E-state index is -0.806. The average molecular weight is 616 g/mol. The second-order valence-corrected chi connectivity index (χ2v) is 13.6. The van der Waals surface area contributed by atoms with Gasteiger partial charge in [0.05, 0.1) is 12.6 Å². The Labute approximate surface area is 273 Å². The summed E-state index contributed by atoms with van der Waals surface area (Å²) in [4.78, 5) is 25.6. The summed E-state index contributed by atoms with van der Waals surface area (Å²) < 4.78 is 2.22. The van der Waals surface area contributed by atoms with Crippen LogP contribution in [-0.4, -0.2) is 28.6 Å². The molecule has 5 aromatic rings. The molecule has 0 atom stereocenters. The van der Waals surface area contributed by atoms with E-state index in [-0.39, 0.29) is 12.3 Å². The Hall–Kier alpha value is -4.48. The van der Waals surface area contributed by atoms with Gasteiger partial charge >= 0.3 is 5.97 Å². The number of aromatic nitrogens is 1. The van der Waals surface area contributed by atoms with Crippen LogP contribution in [0.3, 0.4) is 0 Å². The van der Waals surface area contributed by atoms with Crippen LogP contribution in [0.2, 0.25) is 0 Å². The molecule has 238 valence electrons. The first-order valence-electron chi connectivity index (χ1n) is 16.5. The Morgan fingerprint density at radius 3 is 1.85 bits per heavy atom. The molecule has 4 aromatic carbocycles. The smallest absolute Gasteiger partial charge is 0.303 e. The maximum atomic E-state index is 14.4. The van der Waals surface area contributed by atoms with Crippen molar-refractivity contribution < 1.29 is 14.7 Å². The number of fused-ring (bicyclic) bond motifs is 1. The maximum absolute atomic E-state index is 14.4. The standard InChI is InChI=1S/C41H46N2O3/c1-28(2)25-31-17-21-34(22-18-31)43(6,35-23-19-32(20-24-35)26-29(3)4)36-12-9-11-33(27-36)41(46)42-30(5)37(14-10-16-40(44)45)38-13-7-8-15-39(38)42/h7-9,11-13,15,17-24,27-29H,10,14,16,25-26H2,1-6H3/p+1. The van der Waals surface area contributed by atoms with E-state index >= 15 is 0 Å². The number of carboxylic acids is 1. The van der Waals surface area contributed by atoms with Crippen molar-refractivity contribution in [2.45, 2.75) is 66.7 Å². The molecule has 0 unspecified atom stereocenters. The van der Waals surface area contributed by atoms with Gasteiger partial charge in [0.1, 0.15) is 17.1 Å². The number of para-hydroxylation sites is 1. The Balaban J connectivity index is 1.59. The summed E-state index contributed by atoms with van der Waals surface area (Å²) in [5.41, 5.74) is 9.22. The third-order valence-corrected chi connectivity index (χ3v) is 9.07. The van der Waals surface area contributed by atoms with Crippen molar-refractivity contribution in [1.82, 2.24) is 9.05 Å². The number of aryl methyl sites for hydroxylation is 1. The average Bonchev–Trinajstić information content (AvgIpc) is 3.31. The van der Waals surface area contributed by atoms with Crippen LogP contribution < -0.4 is 4.48 Å². The SMILES string of the molecule is Cc1c(CCCC(=O)O)c2ccccc2n1C(=O)c1cccc([N+](C)(c2ccc(CC(C)C)cc2)c2ccc(CC(C)C)cc2)c1. The van der Waals surface area contributed by atoms with E-state index in [4.69, 9.17) is 0 Å². The number of hydrogen-bond acceptors (Lipinski definition) is 2. The zero-order valence-electron chi connectivity index (χ0n) is 28.1. The highest BCUT2D eigenvalue weighted by atomic mass is 16.4. The molecule has 0 bridgehead atoms. The first kappa shape index (κ1) is 32.9. The molecule has 46 heavy (non-hydrogen) atoms. The molecule has 0 amide bonds. The van der Waals surface area contributed by atoms with Crippen LogP contribution in [0.25, 0.3) is 10.9 Å². The lowest BCUT2D eigenvalue weighted by atomic mass is 10.0. The number of aliphatic carboxylic acids is 1. The molecule has 0 aliphatic rings. The third-order valence-electron chi connectivity index (χ3n) is 9.07. The zero-order chi connectivity index (χ0) is 33.0. The summed E-state index contributed by atoms with van der Waals surface area (Å²) in [6.45, 7) is 10.9. The third kappa shape index (κ3) is 6.85. The summed E-state index contributed by atoms with van der Waals surface area (Å²) in [6.07, 6.45) is 3.28. The molecule has 5 rings (SSSR count). The minimum absolute atomic E-state index is 0.0915. The topological polar surface area (TPSA) is 59.3 Å². The molecule has 1 N–H and O–H groups in total. The summed E-state index contributed by atoms with van der Waals surface area (Å²) in [7, 11) is 2.20. The highest BCUT2D eigenvalue weighted by molar-refractivity contribution is 6.04. The molecule has 0 aliphatic heterocycles. The largest absolute Gasteiger partial charge is 0.481 e. The van der Waals surface area contributed by atoms with Gasteiger partial charge in [0, 0.05) is 59.5 Å². The van der Waals surface area contributed by atoms with Crippen molar-refractivity contribution in [2.24, 2.45) is 11.8 Å². The normalized spacial score (nSPS) is 11.9. The molecular weight excluding hydrogens is 568 g/mol. The lowest BCUT2D eigenvalue weighted by Crippen LogP contribution is -2.34. The quantitative estimate of drug-likeness (QED) is 0.142. The van der Waals surface area contributed by atoms with Crippen LogP contribution >= 0.6 is 0 Å². The molecular formula is C41H47N2O3+. The van der Waals surface area contributed by atoms with Crippen molar-refractivity contribution in [3.8, 4) is 0 Å². The number of carboxylic acid groups (broad SMARTS) is 1. The van der Waals surface area contributed by atoms with Gasteiger partial charge in [-0.3, -0.25) is 14.2 Å². The second kappa shape index (κ2) is 13.9. The minimum Gasteiger partial charge on any atom is -0.481 e.